The zero-order chi connectivity index (χ0) is 10.2. The molecular formula is C12H16O2. The summed E-state index contributed by atoms with van der Waals surface area (Å²) in [6.45, 7) is 5.95. The smallest absolute Gasteiger partial charge is 0.164 e. The summed E-state index contributed by atoms with van der Waals surface area (Å²) < 4.78 is 11.5. The lowest BCUT2D eigenvalue weighted by Crippen LogP contribution is -2.20. The quantitative estimate of drug-likeness (QED) is 0.681. The fourth-order valence-corrected chi connectivity index (χ4v) is 1.92. The van der Waals surface area contributed by atoms with Gasteiger partial charge in [-0.05, 0) is 26.3 Å². The second-order valence-electron chi connectivity index (χ2n) is 4.17. The molecule has 0 aromatic heterocycles. The van der Waals surface area contributed by atoms with Crippen LogP contribution in [0.3, 0.4) is 0 Å². The molecule has 1 aliphatic rings. The fourth-order valence-electron chi connectivity index (χ4n) is 1.92. The van der Waals surface area contributed by atoms with Crippen LogP contribution in [0.5, 0.6) is 0 Å². The molecule has 2 atom stereocenters. The van der Waals surface area contributed by atoms with Gasteiger partial charge in [0.15, 0.2) is 5.79 Å². The molecule has 14 heavy (non-hydrogen) atoms. The Balaban J connectivity index is 2.21. The largest absolute Gasteiger partial charge is 0.344 e. The maximum absolute atomic E-state index is 5.82. The molecule has 1 aromatic rings. The number of ether oxygens (including phenoxy) is 2. The van der Waals surface area contributed by atoms with Gasteiger partial charge in [0.05, 0.1) is 6.10 Å². The van der Waals surface area contributed by atoms with Crippen molar-refractivity contribution in [2.24, 2.45) is 0 Å². The lowest BCUT2D eigenvalue weighted by Gasteiger charge is -2.16. The van der Waals surface area contributed by atoms with Crippen molar-refractivity contribution in [2.45, 2.75) is 38.8 Å². The van der Waals surface area contributed by atoms with Crippen LogP contribution in [0, 0.1) is 0 Å². The number of benzene rings is 1. The number of hydrogen-bond donors (Lipinski definition) is 0. The second kappa shape index (κ2) is 3.37. The van der Waals surface area contributed by atoms with E-state index in [-0.39, 0.29) is 12.2 Å². The van der Waals surface area contributed by atoms with E-state index in [1.807, 2.05) is 39.0 Å². The highest BCUT2D eigenvalue weighted by Crippen LogP contribution is 2.37. The summed E-state index contributed by atoms with van der Waals surface area (Å²) in [4.78, 5) is 0. The first kappa shape index (κ1) is 9.69. The molecule has 1 aliphatic heterocycles. The van der Waals surface area contributed by atoms with Crippen LogP contribution in [-0.4, -0.2) is 11.9 Å². The maximum atomic E-state index is 5.82. The predicted octanol–water partition coefficient (Wildman–Crippen LogP) is 2.90. The third-order valence-corrected chi connectivity index (χ3v) is 2.43. The highest BCUT2D eigenvalue weighted by Gasteiger charge is 2.39. The Hall–Kier alpha value is -0.860. The van der Waals surface area contributed by atoms with Crippen LogP contribution < -0.4 is 0 Å². The number of hydrogen-bond acceptors (Lipinski definition) is 2. The normalized spacial score (nSPS) is 30.5. The van der Waals surface area contributed by atoms with Gasteiger partial charge in [-0.3, -0.25) is 0 Å². The first-order chi connectivity index (χ1) is 6.58. The molecule has 1 fully saturated rings. The van der Waals surface area contributed by atoms with Gasteiger partial charge in [-0.2, -0.15) is 0 Å². The summed E-state index contributed by atoms with van der Waals surface area (Å²) in [5.74, 6) is -0.458. The van der Waals surface area contributed by atoms with E-state index in [1.165, 1.54) is 5.56 Å². The SMILES string of the molecule is CC1OC(C)(C)O[C@@H]1c1ccccc1. The molecule has 1 saturated heterocycles. The maximum Gasteiger partial charge on any atom is 0.164 e. The Morgan fingerprint density at radius 3 is 2.21 bits per heavy atom. The predicted molar refractivity (Wildman–Crippen MR) is 54.9 cm³/mol. The van der Waals surface area contributed by atoms with Crippen molar-refractivity contribution in [1.29, 1.82) is 0 Å². The van der Waals surface area contributed by atoms with Gasteiger partial charge in [0.25, 0.3) is 0 Å². The van der Waals surface area contributed by atoms with Gasteiger partial charge >= 0.3 is 0 Å². The highest BCUT2D eigenvalue weighted by atomic mass is 16.7. The van der Waals surface area contributed by atoms with Crippen molar-refractivity contribution in [3.8, 4) is 0 Å². The minimum atomic E-state index is -0.458. The van der Waals surface area contributed by atoms with Crippen LogP contribution in [0.25, 0.3) is 0 Å². The minimum Gasteiger partial charge on any atom is -0.344 e. The van der Waals surface area contributed by atoms with Gasteiger partial charge in [0.1, 0.15) is 6.10 Å². The Morgan fingerprint density at radius 1 is 1.07 bits per heavy atom. The molecule has 0 radical (unpaired) electrons. The van der Waals surface area contributed by atoms with Crippen LogP contribution in [-0.2, 0) is 9.47 Å². The molecule has 0 N–H and O–H groups in total. The fraction of sp³-hybridized carbons (Fsp3) is 0.500. The Labute approximate surface area is 84.8 Å². The average Bonchev–Trinajstić information content (AvgIpc) is 2.41. The third kappa shape index (κ3) is 1.81. The first-order valence-corrected chi connectivity index (χ1v) is 4.99. The van der Waals surface area contributed by atoms with E-state index in [4.69, 9.17) is 9.47 Å². The summed E-state index contributed by atoms with van der Waals surface area (Å²) in [5, 5.41) is 0. The highest BCUT2D eigenvalue weighted by molar-refractivity contribution is 5.19. The van der Waals surface area contributed by atoms with Gasteiger partial charge in [0, 0.05) is 0 Å². The molecule has 2 rings (SSSR count). The van der Waals surface area contributed by atoms with Gasteiger partial charge in [0.2, 0.25) is 0 Å². The van der Waals surface area contributed by atoms with Gasteiger partial charge in [-0.25, -0.2) is 0 Å². The van der Waals surface area contributed by atoms with E-state index in [0.29, 0.717) is 0 Å². The van der Waals surface area contributed by atoms with Crippen LogP contribution >= 0.6 is 0 Å². The topological polar surface area (TPSA) is 18.5 Å². The van der Waals surface area contributed by atoms with Crippen molar-refractivity contribution >= 4 is 0 Å². The second-order valence-corrected chi connectivity index (χ2v) is 4.17. The summed E-state index contributed by atoms with van der Waals surface area (Å²) in [7, 11) is 0. The van der Waals surface area contributed by atoms with Crippen LogP contribution in [0.1, 0.15) is 32.4 Å². The zero-order valence-corrected chi connectivity index (χ0v) is 8.86. The molecule has 0 bridgehead atoms. The molecule has 0 spiro atoms. The average molecular weight is 192 g/mol. The van der Waals surface area contributed by atoms with Crippen molar-refractivity contribution in [3.05, 3.63) is 35.9 Å². The van der Waals surface area contributed by atoms with E-state index < -0.39 is 5.79 Å². The van der Waals surface area contributed by atoms with E-state index in [2.05, 4.69) is 12.1 Å². The minimum absolute atomic E-state index is 0.0613. The molecule has 0 aliphatic carbocycles. The molecule has 76 valence electrons. The molecule has 1 aromatic carbocycles. The van der Waals surface area contributed by atoms with Crippen LogP contribution in [0.4, 0.5) is 0 Å². The molecule has 0 amide bonds. The van der Waals surface area contributed by atoms with Gasteiger partial charge in [-0.1, -0.05) is 30.3 Å². The lowest BCUT2D eigenvalue weighted by atomic mass is 10.1. The monoisotopic (exact) mass is 192 g/mol. The number of rotatable bonds is 1. The standard InChI is InChI=1S/C12H16O2/c1-9-11(14-12(2,3)13-9)10-7-5-4-6-8-10/h4-9,11H,1-3H3/t9?,11-/m0/s1. The van der Waals surface area contributed by atoms with Crippen molar-refractivity contribution in [3.63, 3.8) is 0 Å². The van der Waals surface area contributed by atoms with E-state index >= 15 is 0 Å². The molecule has 0 saturated carbocycles. The summed E-state index contributed by atoms with van der Waals surface area (Å²) in [6, 6.07) is 10.2. The molecule has 2 nitrogen and oxygen atoms in total. The van der Waals surface area contributed by atoms with Gasteiger partial charge < -0.3 is 9.47 Å². The van der Waals surface area contributed by atoms with E-state index in [9.17, 15) is 0 Å². The molecule has 1 unspecified atom stereocenters. The van der Waals surface area contributed by atoms with Crippen molar-refractivity contribution in [2.75, 3.05) is 0 Å². The summed E-state index contributed by atoms with van der Waals surface area (Å²) in [5.41, 5.74) is 1.19. The third-order valence-electron chi connectivity index (χ3n) is 2.43. The van der Waals surface area contributed by atoms with Crippen LogP contribution in [0.2, 0.25) is 0 Å². The zero-order valence-electron chi connectivity index (χ0n) is 8.86. The Bertz CT molecular complexity index is 305. The van der Waals surface area contributed by atoms with Gasteiger partial charge in [-0.15, -0.1) is 0 Å². The lowest BCUT2D eigenvalue weighted by molar-refractivity contribution is -0.145. The first-order valence-electron chi connectivity index (χ1n) is 4.99. The molecule has 2 heteroatoms. The summed E-state index contributed by atoms with van der Waals surface area (Å²) >= 11 is 0. The van der Waals surface area contributed by atoms with Crippen LogP contribution in [0.15, 0.2) is 30.3 Å². The Kier molecular flexibility index (Phi) is 2.33. The van der Waals surface area contributed by atoms with Crippen molar-refractivity contribution in [1.82, 2.24) is 0 Å². The molecule has 1 heterocycles. The van der Waals surface area contributed by atoms with E-state index in [0.717, 1.165) is 0 Å². The van der Waals surface area contributed by atoms with E-state index in [1.54, 1.807) is 0 Å². The Morgan fingerprint density at radius 2 is 1.71 bits per heavy atom. The molecular weight excluding hydrogens is 176 g/mol. The summed E-state index contributed by atoms with van der Waals surface area (Å²) in [6.07, 6.45) is 0.179. The van der Waals surface area contributed by atoms with Crippen molar-refractivity contribution < 1.29 is 9.47 Å².